The Hall–Kier alpha value is -1.47. The van der Waals surface area contributed by atoms with Crippen LogP contribution in [0.4, 0.5) is 5.00 Å². The molecule has 0 aromatic carbocycles. The second-order valence-electron chi connectivity index (χ2n) is 5.87. The van der Waals surface area contributed by atoms with Crippen LogP contribution in [-0.4, -0.2) is 24.1 Å². The van der Waals surface area contributed by atoms with Crippen LogP contribution in [0.2, 0.25) is 0 Å². The molecular weight excluding hydrogens is 344 g/mol. The lowest BCUT2D eigenvalue weighted by atomic mass is 10.1. The van der Waals surface area contributed by atoms with Crippen LogP contribution in [0.5, 0.6) is 0 Å². The van der Waals surface area contributed by atoms with E-state index in [0.717, 1.165) is 50.5 Å². The number of thiocarbonyl (C=S) groups is 1. The first-order chi connectivity index (χ1) is 11.6. The molecule has 0 aliphatic heterocycles. The molecule has 0 spiro atoms. The number of carbonyl (C=O) groups is 2. The van der Waals surface area contributed by atoms with Gasteiger partial charge in [-0.2, -0.15) is 0 Å². The van der Waals surface area contributed by atoms with Gasteiger partial charge < -0.3 is 15.4 Å². The van der Waals surface area contributed by atoms with E-state index in [2.05, 4.69) is 17.6 Å². The van der Waals surface area contributed by atoms with Crippen molar-refractivity contribution in [1.29, 1.82) is 0 Å². The Bertz CT molecular complexity index is 626. The number of amides is 1. The molecule has 1 aromatic heterocycles. The summed E-state index contributed by atoms with van der Waals surface area (Å²) in [5, 5.41) is 6.60. The molecule has 1 heterocycles. The number of carbonyl (C=O) groups excluding carboxylic acids is 2. The molecule has 0 saturated heterocycles. The lowest BCUT2D eigenvalue weighted by Crippen LogP contribution is -2.34. The molecule has 132 valence electrons. The van der Waals surface area contributed by atoms with Crippen molar-refractivity contribution in [1.82, 2.24) is 5.32 Å². The van der Waals surface area contributed by atoms with E-state index in [1.807, 2.05) is 0 Å². The maximum absolute atomic E-state index is 12.1. The standard InChI is InChI=1S/C17H24N2O3S2/c1-3-4-5-6-10-13(20)18-17(23)19-15-14(16(21)22-2)11-8-7-9-12(11)24-15/h3-10H2,1-2H3,(H2,18,19,20,23). The molecule has 24 heavy (non-hydrogen) atoms. The second-order valence-corrected chi connectivity index (χ2v) is 7.38. The summed E-state index contributed by atoms with van der Waals surface area (Å²) in [6.07, 6.45) is 7.57. The fourth-order valence-electron chi connectivity index (χ4n) is 2.85. The number of hydrogen-bond donors (Lipinski definition) is 2. The minimum absolute atomic E-state index is 0.0904. The van der Waals surface area contributed by atoms with E-state index < -0.39 is 0 Å². The highest BCUT2D eigenvalue weighted by Crippen LogP contribution is 2.39. The topological polar surface area (TPSA) is 67.4 Å². The smallest absolute Gasteiger partial charge is 0.341 e. The highest BCUT2D eigenvalue weighted by atomic mass is 32.1. The number of hydrogen-bond acceptors (Lipinski definition) is 5. The van der Waals surface area contributed by atoms with Crippen LogP contribution >= 0.6 is 23.6 Å². The zero-order valence-electron chi connectivity index (χ0n) is 14.2. The summed E-state index contributed by atoms with van der Waals surface area (Å²) in [5.41, 5.74) is 1.62. The van der Waals surface area contributed by atoms with E-state index in [1.54, 1.807) is 0 Å². The van der Waals surface area contributed by atoms with Crippen molar-refractivity contribution in [3.63, 3.8) is 0 Å². The number of rotatable bonds is 7. The van der Waals surface area contributed by atoms with Crippen molar-refractivity contribution in [3.8, 4) is 0 Å². The van der Waals surface area contributed by atoms with Gasteiger partial charge in [0, 0.05) is 11.3 Å². The Morgan fingerprint density at radius 3 is 2.75 bits per heavy atom. The van der Waals surface area contributed by atoms with Crippen molar-refractivity contribution in [2.75, 3.05) is 12.4 Å². The van der Waals surface area contributed by atoms with E-state index in [4.69, 9.17) is 17.0 Å². The van der Waals surface area contributed by atoms with Gasteiger partial charge in [0.25, 0.3) is 0 Å². The third-order valence-corrected chi connectivity index (χ3v) is 5.46. The molecule has 2 N–H and O–H groups in total. The van der Waals surface area contributed by atoms with Crippen LogP contribution in [0.25, 0.3) is 0 Å². The number of nitrogens with one attached hydrogen (secondary N) is 2. The van der Waals surface area contributed by atoms with E-state index in [0.29, 0.717) is 17.0 Å². The van der Waals surface area contributed by atoms with Gasteiger partial charge in [0.1, 0.15) is 5.00 Å². The first-order valence-electron chi connectivity index (χ1n) is 8.40. The van der Waals surface area contributed by atoms with Gasteiger partial charge in [-0.05, 0) is 43.5 Å². The van der Waals surface area contributed by atoms with Crippen LogP contribution in [-0.2, 0) is 22.4 Å². The van der Waals surface area contributed by atoms with Crippen LogP contribution in [0.15, 0.2) is 0 Å². The summed E-state index contributed by atoms with van der Waals surface area (Å²) in [6.45, 7) is 2.14. The van der Waals surface area contributed by atoms with Crippen molar-refractivity contribution in [2.45, 2.75) is 58.3 Å². The predicted octanol–water partition coefficient (Wildman–Crippen LogP) is 3.81. The molecule has 1 aliphatic carbocycles. The minimum atomic E-state index is -0.356. The fraction of sp³-hybridized carbons (Fsp3) is 0.588. The van der Waals surface area contributed by atoms with E-state index >= 15 is 0 Å². The molecule has 1 amide bonds. The summed E-state index contributed by atoms with van der Waals surface area (Å²) in [6, 6.07) is 0. The van der Waals surface area contributed by atoms with Gasteiger partial charge in [0.2, 0.25) is 5.91 Å². The molecule has 0 saturated carbocycles. The van der Waals surface area contributed by atoms with Crippen molar-refractivity contribution in [3.05, 3.63) is 16.0 Å². The number of unbranched alkanes of at least 4 members (excludes halogenated alkanes) is 3. The first-order valence-corrected chi connectivity index (χ1v) is 9.63. The molecular formula is C17H24N2O3S2. The third-order valence-electron chi connectivity index (χ3n) is 4.05. The summed E-state index contributed by atoms with van der Waals surface area (Å²) in [7, 11) is 1.38. The maximum atomic E-state index is 12.1. The number of fused-ring (bicyclic) bond motifs is 1. The average Bonchev–Trinajstić information content (AvgIpc) is 3.11. The van der Waals surface area contributed by atoms with Crippen LogP contribution in [0.3, 0.4) is 0 Å². The van der Waals surface area contributed by atoms with E-state index in [9.17, 15) is 9.59 Å². The molecule has 1 aliphatic rings. The van der Waals surface area contributed by atoms with Gasteiger partial charge in [-0.15, -0.1) is 11.3 Å². The van der Waals surface area contributed by atoms with Crippen molar-refractivity contribution < 1.29 is 14.3 Å². The van der Waals surface area contributed by atoms with Crippen LogP contribution in [0, 0.1) is 0 Å². The Kier molecular flexibility index (Phi) is 7.17. The number of esters is 1. The number of methoxy groups -OCH3 is 1. The summed E-state index contributed by atoms with van der Waals surface area (Å²) in [5.74, 6) is -0.446. The lowest BCUT2D eigenvalue weighted by molar-refractivity contribution is -0.119. The second kappa shape index (κ2) is 9.13. The van der Waals surface area contributed by atoms with Crippen molar-refractivity contribution >= 4 is 45.5 Å². The van der Waals surface area contributed by atoms with Gasteiger partial charge in [-0.1, -0.05) is 26.2 Å². The number of aryl methyl sites for hydroxylation is 1. The highest BCUT2D eigenvalue weighted by molar-refractivity contribution is 7.80. The number of thiophene rings is 1. The summed E-state index contributed by atoms with van der Waals surface area (Å²) < 4.78 is 4.90. The van der Waals surface area contributed by atoms with E-state index in [-0.39, 0.29) is 17.0 Å². The molecule has 0 bridgehead atoms. The monoisotopic (exact) mass is 368 g/mol. The molecule has 0 atom stereocenters. The maximum Gasteiger partial charge on any atom is 0.341 e. The van der Waals surface area contributed by atoms with Gasteiger partial charge >= 0.3 is 5.97 Å². The average molecular weight is 369 g/mol. The summed E-state index contributed by atoms with van der Waals surface area (Å²) >= 11 is 6.74. The van der Waals surface area contributed by atoms with E-state index in [1.165, 1.54) is 23.3 Å². The highest BCUT2D eigenvalue weighted by Gasteiger charge is 2.27. The van der Waals surface area contributed by atoms with Gasteiger partial charge in [-0.25, -0.2) is 4.79 Å². The Morgan fingerprint density at radius 1 is 1.25 bits per heavy atom. The first kappa shape index (κ1) is 18.9. The normalized spacial score (nSPS) is 12.6. The minimum Gasteiger partial charge on any atom is -0.465 e. The Balaban J connectivity index is 1.94. The molecule has 0 unspecified atom stereocenters. The number of ether oxygens (including phenoxy) is 1. The number of anilines is 1. The molecule has 0 radical (unpaired) electrons. The van der Waals surface area contributed by atoms with Crippen molar-refractivity contribution in [2.24, 2.45) is 0 Å². The Morgan fingerprint density at radius 2 is 2.04 bits per heavy atom. The zero-order valence-corrected chi connectivity index (χ0v) is 15.8. The molecule has 0 fully saturated rings. The van der Waals surface area contributed by atoms with Gasteiger partial charge in [-0.3, -0.25) is 4.79 Å². The predicted molar refractivity (Wildman–Crippen MR) is 101 cm³/mol. The van der Waals surface area contributed by atoms with Crippen LogP contribution < -0.4 is 10.6 Å². The summed E-state index contributed by atoms with van der Waals surface area (Å²) in [4.78, 5) is 25.2. The third kappa shape index (κ3) is 4.77. The van der Waals surface area contributed by atoms with Crippen LogP contribution in [0.1, 0.15) is 66.2 Å². The SMILES string of the molecule is CCCCCCC(=O)NC(=S)Nc1sc2c(c1C(=O)OC)CCC2. The lowest BCUT2D eigenvalue weighted by Gasteiger charge is -2.10. The molecule has 2 rings (SSSR count). The fourth-order valence-corrected chi connectivity index (χ4v) is 4.41. The quantitative estimate of drug-likeness (QED) is 0.435. The largest absolute Gasteiger partial charge is 0.465 e. The molecule has 5 nitrogen and oxygen atoms in total. The molecule has 7 heteroatoms. The Labute approximate surface area is 152 Å². The molecule has 1 aromatic rings. The zero-order chi connectivity index (χ0) is 17.5. The van der Waals surface area contributed by atoms with Gasteiger partial charge in [0.05, 0.1) is 12.7 Å². The van der Waals surface area contributed by atoms with Gasteiger partial charge in [0.15, 0.2) is 5.11 Å².